The Labute approximate surface area is 255 Å². The van der Waals surface area contributed by atoms with Crippen LogP contribution in [0.4, 0.5) is 16.2 Å². The minimum Gasteiger partial charge on any atom is -0.314 e. The lowest BCUT2D eigenvalue weighted by Crippen LogP contribution is -2.37. The fraction of sp³-hybridized carbons (Fsp3) is 0.323. The van der Waals surface area contributed by atoms with E-state index in [1.54, 1.807) is 29.3 Å². The number of aryl methyl sites for hydroxylation is 3. The molecule has 2 aliphatic rings. The molecule has 0 saturated carbocycles. The maximum absolute atomic E-state index is 13.4. The van der Waals surface area contributed by atoms with Crippen LogP contribution in [-0.4, -0.2) is 59.4 Å². The summed E-state index contributed by atoms with van der Waals surface area (Å²) >= 11 is 18.7. The Morgan fingerprint density at radius 1 is 1.00 bits per heavy atom. The first-order valence-electron chi connectivity index (χ1n) is 13.6. The number of nitrogens with one attached hydrogen (secondary N) is 1. The zero-order chi connectivity index (χ0) is 29.3. The molecular formula is C31H32Cl3N5O2. The Balaban J connectivity index is 1.22. The van der Waals surface area contributed by atoms with Crippen molar-refractivity contribution in [2.24, 2.45) is 5.92 Å². The van der Waals surface area contributed by atoms with Crippen molar-refractivity contribution in [3.63, 3.8) is 0 Å². The van der Waals surface area contributed by atoms with Crippen molar-refractivity contribution in [3.8, 4) is 0 Å². The van der Waals surface area contributed by atoms with Crippen LogP contribution < -0.4 is 10.2 Å². The van der Waals surface area contributed by atoms with Crippen molar-refractivity contribution in [2.75, 3.05) is 42.9 Å². The first kappa shape index (κ1) is 29.4. The third-order valence-corrected chi connectivity index (χ3v) is 8.67. The molecule has 2 aliphatic heterocycles. The van der Waals surface area contributed by atoms with Crippen LogP contribution in [0.2, 0.25) is 15.1 Å². The SMILES string of the molecule is Cc1ccc(N(CCCN2CC3=CN(C(=O)c4c(C)ccnc4C)CC3C2)C(=O)Nc2ccc(Cl)cc2Cl)cc1Cl. The number of benzene rings is 2. The van der Waals surface area contributed by atoms with Gasteiger partial charge in [-0.2, -0.15) is 0 Å². The summed E-state index contributed by atoms with van der Waals surface area (Å²) in [6, 6.07) is 12.2. The van der Waals surface area contributed by atoms with Gasteiger partial charge in [0, 0.05) is 66.8 Å². The van der Waals surface area contributed by atoms with E-state index in [4.69, 9.17) is 34.8 Å². The van der Waals surface area contributed by atoms with Crippen LogP contribution in [0, 0.1) is 26.7 Å². The zero-order valence-corrected chi connectivity index (χ0v) is 25.5. The average molecular weight is 613 g/mol. The maximum atomic E-state index is 13.4. The maximum Gasteiger partial charge on any atom is 0.326 e. The lowest BCUT2D eigenvalue weighted by molar-refractivity contribution is 0.0818. The smallest absolute Gasteiger partial charge is 0.314 e. The van der Waals surface area contributed by atoms with Crippen molar-refractivity contribution in [1.29, 1.82) is 0 Å². The number of nitrogens with zero attached hydrogens (tertiary/aromatic N) is 4. The number of urea groups is 1. The van der Waals surface area contributed by atoms with Crippen LogP contribution in [0.1, 0.15) is 33.6 Å². The van der Waals surface area contributed by atoms with Gasteiger partial charge in [0.05, 0.1) is 22.0 Å². The van der Waals surface area contributed by atoms with E-state index in [1.165, 1.54) is 5.57 Å². The van der Waals surface area contributed by atoms with Crippen LogP contribution >= 0.6 is 34.8 Å². The number of carbonyl (C=O) groups is 2. The largest absolute Gasteiger partial charge is 0.326 e. The van der Waals surface area contributed by atoms with E-state index in [9.17, 15) is 9.59 Å². The summed E-state index contributed by atoms with van der Waals surface area (Å²) in [5, 5.41) is 4.37. The summed E-state index contributed by atoms with van der Waals surface area (Å²) in [6.45, 7) is 9.42. The summed E-state index contributed by atoms with van der Waals surface area (Å²) < 4.78 is 0. The van der Waals surface area contributed by atoms with Gasteiger partial charge in [-0.1, -0.05) is 40.9 Å². The van der Waals surface area contributed by atoms with Gasteiger partial charge < -0.3 is 10.2 Å². The highest BCUT2D eigenvalue weighted by molar-refractivity contribution is 6.36. The average Bonchev–Trinajstić information content (AvgIpc) is 3.49. The molecule has 10 heteroatoms. The molecular weight excluding hydrogens is 581 g/mol. The minimum atomic E-state index is -0.301. The Kier molecular flexibility index (Phi) is 8.90. The second-order valence-electron chi connectivity index (χ2n) is 10.7. The molecule has 3 aromatic rings. The molecule has 0 spiro atoms. The Hall–Kier alpha value is -3.10. The molecule has 7 nitrogen and oxygen atoms in total. The highest BCUT2D eigenvalue weighted by atomic mass is 35.5. The van der Waals surface area contributed by atoms with Crippen molar-refractivity contribution >= 4 is 58.1 Å². The molecule has 2 aromatic carbocycles. The molecule has 0 bridgehead atoms. The van der Waals surface area contributed by atoms with Gasteiger partial charge in [0.25, 0.3) is 5.91 Å². The normalized spacial score (nSPS) is 16.5. The number of hydrogen-bond acceptors (Lipinski definition) is 4. The van der Waals surface area contributed by atoms with E-state index >= 15 is 0 Å². The molecule has 3 heterocycles. The quantitative estimate of drug-likeness (QED) is 0.303. The number of likely N-dealkylation sites (tertiary alicyclic amines) is 1. The zero-order valence-electron chi connectivity index (χ0n) is 23.3. The van der Waals surface area contributed by atoms with Crippen LogP contribution in [0.25, 0.3) is 0 Å². The fourth-order valence-corrected chi connectivity index (χ4v) is 6.12. The van der Waals surface area contributed by atoms with Gasteiger partial charge in [-0.25, -0.2) is 4.79 Å². The monoisotopic (exact) mass is 611 g/mol. The summed E-state index contributed by atoms with van der Waals surface area (Å²) in [6.07, 6.45) is 4.51. The number of pyridine rings is 1. The summed E-state index contributed by atoms with van der Waals surface area (Å²) in [5.74, 6) is 0.333. The lowest BCUT2D eigenvalue weighted by atomic mass is 10.1. The second kappa shape index (κ2) is 12.4. The van der Waals surface area contributed by atoms with E-state index in [0.717, 1.165) is 42.9 Å². The molecule has 214 valence electrons. The third-order valence-electron chi connectivity index (χ3n) is 7.71. The van der Waals surface area contributed by atoms with E-state index in [2.05, 4.69) is 15.2 Å². The molecule has 1 saturated heterocycles. The third kappa shape index (κ3) is 6.54. The van der Waals surface area contributed by atoms with E-state index in [0.29, 0.717) is 51.0 Å². The molecule has 0 aliphatic carbocycles. The number of anilines is 2. The Bertz CT molecular complexity index is 1510. The first-order chi connectivity index (χ1) is 19.6. The molecule has 1 unspecified atom stereocenters. The molecule has 1 atom stereocenters. The van der Waals surface area contributed by atoms with Crippen LogP contribution in [-0.2, 0) is 0 Å². The van der Waals surface area contributed by atoms with Crippen LogP contribution in [0.15, 0.2) is 60.4 Å². The summed E-state index contributed by atoms with van der Waals surface area (Å²) in [7, 11) is 0. The van der Waals surface area contributed by atoms with Crippen molar-refractivity contribution < 1.29 is 9.59 Å². The molecule has 1 fully saturated rings. The first-order valence-corrected chi connectivity index (χ1v) is 14.7. The Morgan fingerprint density at radius 3 is 2.51 bits per heavy atom. The predicted octanol–water partition coefficient (Wildman–Crippen LogP) is 7.37. The van der Waals surface area contributed by atoms with Crippen LogP contribution in [0.5, 0.6) is 0 Å². The van der Waals surface area contributed by atoms with E-state index in [-0.39, 0.29) is 11.9 Å². The molecule has 1 N–H and O–H groups in total. The number of rotatable bonds is 7. The Morgan fingerprint density at radius 2 is 1.80 bits per heavy atom. The van der Waals surface area contributed by atoms with Gasteiger partial charge in [-0.05, 0) is 80.3 Å². The highest BCUT2D eigenvalue weighted by Crippen LogP contribution is 2.32. The molecule has 3 amide bonds. The number of halogens is 3. The van der Waals surface area contributed by atoms with Crippen molar-refractivity contribution in [2.45, 2.75) is 27.2 Å². The van der Waals surface area contributed by atoms with Gasteiger partial charge in [-0.15, -0.1) is 0 Å². The van der Waals surface area contributed by atoms with E-state index in [1.807, 2.05) is 56.1 Å². The topological polar surface area (TPSA) is 68.8 Å². The number of carbonyl (C=O) groups excluding carboxylic acids is 2. The highest BCUT2D eigenvalue weighted by Gasteiger charge is 2.36. The van der Waals surface area contributed by atoms with Crippen LogP contribution in [0.3, 0.4) is 0 Å². The van der Waals surface area contributed by atoms with Gasteiger partial charge in [0.15, 0.2) is 0 Å². The summed E-state index contributed by atoms with van der Waals surface area (Å²) in [5.41, 5.74) is 5.80. The number of hydrogen-bond donors (Lipinski definition) is 1. The number of aromatic nitrogens is 1. The van der Waals surface area contributed by atoms with E-state index < -0.39 is 0 Å². The minimum absolute atomic E-state index is 0.0146. The molecule has 0 radical (unpaired) electrons. The van der Waals surface area contributed by atoms with Gasteiger partial charge >= 0.3 is 6.03 Å². The van der Waals surface area contributed by atoms with Gasteiger partial charge in [0.2, 0.25) is 0 Å². The number of fused-ring (bicyclic) bond motifs is 1. The molecule has 5 rings (SSSR count). The fourth-order valence-electron chi connectivity index (χ4n) is 5.49. The molecule has 41 heavy (non-hydrogen) atoms. The van der Waals surface area contributed by atoms with Crippen molar-refractivity contribution in [3.05, 3.63) is 97.9 Å². The summed E-state index contributed by atoms with van der Waals surface area (Å²) in [4.78, 5) is 36.8. The second-order valence-corrected chi connectivity index (χ2v) is 11.9. The van der Waals surface area contributed by atoms with Gasteiger partial charge in [0.1, 0.15) is 0 Å². The standard InChI is InChI=1S/C31H32Cl3N5O2/c1-19-5-7-25(14-26(19)33)39(31(41)36-28-8-6-24(32)13-27(28)34)12-4-11-37-15-22-17-38(18-23(22)16-37)30(40)29-20(2)9-10-35-21(29)3/h5-10,13-14,17,23H,4,11-12,15-16,18H2,1-3H3,(H,36,41). The number of amides is 3. The van der Waals surface area contributed by atoms with Crippen molar-refractivity contribution in [1.82, 2.24) is 14.8 Å². The lowest BCUT2D eigenvalue weighted by Gasteiger charge is -2.26. The molecule has 1 aromatic heterocycles. The predicted molar refractivity (Wildman–Crippen MR) is 166 cm³/mol. The van der Waals surface area contributed by atoms with Gasteiger partial charge in [-0.3, -0.25) is 19.6 Å².